The maximum atomic E-state index is 13.9. The Labute approximate surface area is 126 Å². The van der Waals surface area contributed by atoms with Crippen molar-refractivity contribution in [3.8, 4) is 0 Å². The van der Waals surface area contributed by atoms with Crippen molar-refractivity contribution in [1.29, 1.82) is 0 Å². The van der Waals surface area contributed by atoms with Gasteiger partial charge >= 0.3 is 0 Å². The summed E-state index contributed by atoms with van der Waals surface area (Å²) in [5.41, 5.74) is 7.27. The molecule has 0 aliphatic rings. The highest BCUT2D eigenvalue weighted by Gasteiger charge is 2.16. The molecule has 0 fully saturated rings. The van der Waals surface area contributed by atoms with E-state index in [1.165, 1.54) is 6.07 Å². The minimum atomic E-state index is -0.548. The van der Waals surface area contributed by atoms with Crippen LogP contribution in [0.3, 0.4) is 0 Å². The highest BCUT2D eigenvalue weighted by molar-refractivity contribution is 9.10. The van der Waals surface area contributed by atoms with Gasteiger partial charge in [0.15, 0.2) is 0 Å². The van der Waals surface area contributed by atoms with E-state index in [1.807, 2.05) is 24.3 Å². The summed E-state index contributed by atoms with van der Waals surface area (Å²) in [6, 6.07) is 9.79. The van der Waals surface area contributed by atoms with Crippen molar-refractivity contribution in [1.82, 2.24) is 0 Å². The van der Waals surface area contributed by atoms with E-state index in [2.05, 4.69) is 31.9 Å². The fourth-order valence-corrected chi connectivity index (χ4v) is 2.56. The van der Waals surface area contributed by atoms with Crippen LogP contribution in [-0.4, -0.2) is 0 Å². The first-order chi connectivity index (χ1) is 8.49. The highest BCUT2D eigenvalue weighted by Crippen LogP contribution is 2.31. The first kappa shape index (κ1) is 14.0. The van der Waals surface area contributed by atoms with Gasteiger partial charge in [0, 0.05) is 14.5 Å². The van der Waals surface area contributed by atoms with Gasteiger partial charge in [-0.3, -0.25) is 0 Å². The summed E-state index contributed by atoms with van der Waals surface area (Å²) < 4.78 is 15.3. The fraction of sp³-hybridized carbons (Fsp3) is 0.0769. The van der Waals surface area contributed by atoms with E-state index < -0.39 is 6.04 Å². The second-order valence-corrected chi connectivity index (χ2v) is 6.00. The van der Waals surface area contributed by atoms with Crippen LogP contribution in [-0.2, 0) is 0 Å². The van der Waals surface area contributed by atoms with Gasteiger partial charge < -0.3 is 5.73 Å². The molecule has 0 radical (unpaired) electrons. The van der Waals surface area contributed by atoms with E-state index in [0.29, 0.717) is 15.1 Å². The van der Waals surface area contributed by atoms with Crippen molar-refractivity contribution in [2.24, 2.45) is 5.73 Å². The third-order valence-electron chi connectivity index (χ3n) is 2.58. The van der Waals surface area contributed by atoms with Gasteiger partial charge in [0.05, 0.1) is 11.1 Å². The number of nitrogens with two attached hydrogens (primary N) is 1. The van der Waals surface area contributed by atoms with Crippen molar-refractivity contribution in [3.63, 3.8) is 0 Å². The van der Waals surface area contributed by atoms with E-state index in [9.17, 15) is 4.39 Å². The van der Waals surface area contributed by atoms with Gasteiger partial charge in [-0.25, -0.2) is 4.39 Å². The standard InChI is InChI=1S/C13H9Br2ClFN/c14-8-3-1-2-7(4-8)13(18)9-5-11(16)10(15)6-12(9)17/h1-6,13H,18H2. The SMILES string of the molecule is NC(c1cccc(Br)c1)c1cc(Cl)c(Br)cc1F. The van der Waals surface area contributed by atoms with Crippen molar-refractivity contribution in [3.05, 3.63) is 67.3 Å². The molecular formula is C13H9Br2ClFN. The molecule has 0 aliphatic carbocycles. The summed E-state index contributed by atoms with van der Waals surface area (Å²) in [6.07, 6.45) is 0. The number of hydrogen-bond donors (Lipinski definition) is 1. The van der Waals surface area contributed by atoms with Gasteiger partial charge in [-0.05, 0) is 45.8 Å². The van der Waals surface area contributed by atoms with Crippen LogP contribution in [0.1, 0.15) is 17.2 Å². The summed E-state index contributed by atoms with van der Waals surface area (Å²) in [5.74, 6) is -0.376. The van der Waals surface area contributed by atoms with Gasteiger partial charge in [-0.1, -0.05) is 39.7 Å². The molecule has 0 saturated carbocycles. The number of hydrogen-bond acceptors (Lipinski definition) is 1. The predicted molar refractivity (Wildman–Crippen MR) is 79.3 cm³/mol. The Bertz CT molecular complexity index is 589. The molecule has 0 aromatic heterocycles. The third kappa shape index (κ3) is 2.94. The largest absolute Gasteiger partial charge is 0.320 e. The van der Waals surface area contributed by atoms with Gasteiger partial charge in [-0.2, -0.15) is 0 Å². The van der Waals surface area contributed by atoms with Crippen LogP contribution in [0.15, 0.2) is 45.3 Å². The van der Waals surface area contributed by atoms with E-state index in [-0.39, 0.29) is 5.82 Å². The summed E-state index contributed by atoms with van der Waals surface area (Å²) in [5, 5.41) is 0.442. The summed E-state index contributed by atoms with van der Waals surface area (Å²) in [4.78, 5) is 0. The lowest BCUT2D eigenvalue weighted by Crippen LogP contribution is -2.13. The first-order valence-electron chi connectivity index (χ1n) is 5.14. The lowest BCUT2D eigenvalue weighted by Gasteiger charge is -2.14. The van der Waals surface area contributed by atoms with E-state index in [1.54, 1.807) is 6.07 Å². The first-order valence-corrected chi connectivity index (χ1v) is 7.11. The number of rotatable bonds is 2. The molecule has 0 bridgehead atoms. The van der Waals surface area contributed by atoms with Crippen LogP contribution in [0.2, 0.25) is 5.02 Å². The molecular weight excluding hydrogens is 384 g/mol. The Morgan fingerprint density at radius 1 is 1.17 bits per heavy atom. The smallest absolute Gasteiger partial charge is 0.129 e. The lowest BCUT2D eigenvalue weighted by atomic mass is 9.99. The molecule has 1 nitrogen and oxygen atoms in total. The average Bonchev–Trinajstić information content (AvgIpc) is 2.33. The fourth-order valence-electron chi connectivity index (χ4n) is 1.66. The molecule has 2 aromatic rings. The maximum absolute atomic E-state index is 13.9. The van der Waals surface area contributed by atoms with Gasteiger partial charge in [0.25, 0.3) is 0 Å². The monoisotopic (exact) mass is 391 g/mol. The summed E-state index contributed by atoms with van der Waals surface area (Å²) in [6.45, 7) is 0. The minimum absolute atomic E-state index is 0.376. The Morgan fingerprint density at radius 3 is 2.56 bits per heavy atom. The van der Waals surface area contributed by atoms with Crippen LogP contribution in [0.4, 0.5) is 4.39 Å². The van der Waals surface area contributed by atoms with E-state index in [4.69, 9.17) is 17.3 Å². The summed E-state index contributed by atoms with van der Waals surface area (Å²) in [7, 11) is 0. The van der Waals surface area contributed by atoms with E-state index in [0.717, 1.165) is 10.0 Å². The molecule has 1 unspecified atom stereocenters. The molecule has 0 aliphatic heterocycles. The van der Waals surface area contributed by atoms with Crippen LogP contribution < -0.4 is 5.73 Å². The zero-order valence-corrected chi connectivity index (χ0v) is 13.1. The molecule has 2 rings (SSSR count). The molecule has 5 heteroatoms. The Balaban J connectivity index is 2.46. The lowest BCUT2D eigenvalue weighted by molar-refractivity contribution is 0.599. The molecule has 0 spiro atoms. The molecule has 2 aromatic carbocycles. The summed E-state index contributed by atoms with van der Waals surface area (Å²) >= 11 is 12.5. The van der Waals surface area contributed by atoms with Crippen molar-refractivity contribution >= 4 is 43.5 Å². The maximum Gasteiger partial charge on any atom is 0.129 e. The minimum Gasteiger partial charge on any atom is -0.320 e. The van der Waals surface area contributed by atoms with Gasteiger partial charge in [-0.15, -0.1) is 0 Å². The zero-order valence-electron chi connectivity index (χ0n) is 9.13. The van der Waals surface area contributed by atoms with Crippen LogP contribution >= 0.6 is 43.5 Å². The number of halogens is 4. The van der Waals surface area contributed by atoms with E-state index >= 15 is 0 Å². The Hall–Kier alpha value is -0.420. The topological polar surface area (TPSA) is 26.0 Å². The van der Waals surface area contributed by atoms with Gasteiger partial charge in [0.2, 0.25) is 0 Å². The van der Waals surface area contributed by atoms with Crippen LogP contribution in [0, 0.1) is 5.82 Å². The Kier molecular flexibility index (Phi) is 4.43. The average molecular weight is 393 g/mol. The molecule has 94 valence electrons. The molecule has 0 amide bonds. The van der Waals surface area contributed by atoms with Gasteiger partial charge in [0.1, 0.15) is 5.82 Å². The van der Waals surface area contributed by atoms with Crippen LogP contribution in [0.5, 0.6) is 0 Å². The molecule has 2 N–H and O–H groups in total. The quantitative estimate of drug-likeness (QED) is 0.710. The molecule has 18 heavy (non-hydrogen) atoms. The zero-order chi connectivity index (χ0) is 13.3. The second kappa shape index (κ2) is 5.70. The number of benzene rings is 2. The molecule has 0 heterocycles. The normalized spacial score (nSPS) is 12.5. The third-order valence-corrected chi connectivity index (χ3v) is 4.27. The van der Waals surface area contributed by atoms with Crippen molar-refractivity contribution < 1.29 is 4.39 Å². The predicted octanol–water partition coefficient (Wildman–Crippen LogP) is 5.05. The highest BCUT2D eigenvalue weighted by atomic mass is 79.9. The Morgan fingerprint density at radius 2 is 1.89 bits per heavy atom. The molecule has 0 saturated heterocycles. The second-order valence-electron chi connectivity index (χ2n) is 3.82. The van der Waals surface area contributed by atoms with Crippen LogP contribution in [0.25, 0.3) is 0 Å². The molecule has 1 atom stereocenters. The van der Waals surface area contributed by atoms with Crippen molar-refractivity contribution in [2.45, 2.75) is 6.04 Å². The van der Waals surface area contributed by atoms with Crippen molar-refractivity contribution in [2.75, 3.05) is 0 Å².